The maximum atomic E-state index is 11.5. The molecule has 0 saturated heterocycles. The van der Waals surface area contributed by atoms with E-state index in [9.17, 15) is 9.90 Å². The summed E-state index contributed by atoms with van der Waals surface area (Å²) in [6.07, 6.45) is 2.45. The van der Waals surface area contributed by atoms with Gasteiger partial charge in [-0.15, -0.1) is 0 Å². The number of carbonyl (C=O) groups excluding carboxylic acids is 1. The third-order valence-corrected chi connectivity index (χ3v) is 3.95. The first-order chi connectivity index (χ1) is 10.6. The molecule has 4 heteroatoms. The van der Waals surface area contributed by atoms with Gasteiger partial charge >= 0.3 is 5.97 Å². The Labute approximate surface area is 128 Å². The lowest BCUT2D eigenvalue weighted by molar-refractivity contribution is -0.143. The molecule has 0 aliphatic rings. The summed E-state index contributed by atoms with van der Waals surface area (Å²) in [6.45, 7) is 4.18. The van der Waals surface area contributed by atoms with Crippen LogP contribution in [0.4, 0.5) is 0 Å². The number of hydrogen-bond donors (Lipinski definition) is 1. The number of benzene rings is 2. The topological polar surface area (TPSA) is 59.7 Å². The lowest BCUT2D eigenvalue weighted by atomic mass is 9.97. The molecule has 0 aliphatic heterocycles. The van der Waals surface area contributed by atoms with Gasteiger partial charge in [0.2, 0.25) is 0 Å². The van der Waals surface area contributed by atoms with E-state index in [2.05, 4.69) is 0 Å². The van der Waals surface area contributed by atoms with Crippen LogP contribution in [0.2, 0.25) is 0 Å². The number of aryl methyl sites for hydroxylation is 2. The first kappa shape index (κ1) is 14.4. The van der Waals surface area contributed by atoms with Gasteiger partial charge in [0.05, 0.1) is 12.9 Å². The Hall–Kier alpha value is -2.49. The van der Waals surface area contributed by atoms with Crippen LogP contribution >= 0.6 is 0 Å². The zero-order chi connectivity index (χ0) is 15.7. The van der Waals surface area contributed by atoms with Gasteiger partial charge in [-0.1, -0.05) is 24.3 Å². The van der Waals surface area contributed by atoms with E-state index < -0.39 is 0 Å². The molecule has 2 aromatic carbocycles. The highest BCUT2D eigenvalue weighted by Crippen LogP contribution is 2.39. The van der Waals surface area contributed by atoms with Gasteiger partial charge in [0.15, 0.2) is 11.3 Å². The summed E-state index contributed by atoms with van der Waals surface area (Å²) in [5.41, 5.74) is 2.45. The second-order valence-corrected chi connectivity index (χ2v) is 5.29. The third-order valence-electron chi connectivity index (χ3n) is 3.95. The molecule has 0 amide bonds. The van der Waals surface area contributed by atoms with Gasteiger partial charge in [0.1, 0.15) is 0 Å². The van der Waals surface area contributed by atoms with Crippen LogP contribution in [-0.2, 0) is 16.0 Å². The van der Waals surface area contributed by atoms with Crippen molar-refractivity contribution in [2.75, 3.05) is 6.61 Å². The van der Waals surface area contributed by atoms with Crippen molar-refractivity contribution in [2.45, 2.75) is 26.7 Å². The molecule has 0 aliphatic carbocycles. The van der Waals surface area contributed by atoms with E-state index in [0.29, 0.717) is 25.0 Å². The fourth-order valence-corrected chi connectivity index (χ4v) is 2.91. The summed E-state index contributed by atoms with van der Waals surface area (Å²) in [5.74, 6) is -0.0712. The predicted molar refractivity (Wildman–Crippen MR) is 85.1 cm³/mol. The van der Waals surface area contributed by atoms with Crippen molar-refractivity contribution in [3.63, 3.8) is 0 Å². The highest BCUT2D eigenvalue weighted by Gasteiger charge is 2.17. The normalized spacial score (nSPS) is 11.2. The second-order valence-electron chi connectivity index (χ2n) is 5.29. The molecule has 3 aromatic rings. The van der Waals surface area contributed by atoms with E-state index >= 15 is 0 Å². The van der Waals surface area contributed by atoms with Gasteiger partial charge in [0.25, 0.3) is 0 Å². The van der Waals surface area contributed by atoms with E-state index in [4.69, 9.17) is 9.15 Å². The molecule has 1 heterocycles. The maximum Gasteiger partial charge on any atom is 0.306 e. The quantitative estimate of drug-likeness (QED) is 0.737. The van der Waals surface area contributed by atoms with Gasteiger partial charge in [-0.2, -0.15) is 0 Å². The van der Waals surface area contributed by atoms with E-state index in [0.717, 1.165) is 27.3 Å². The van der Waals surface area contributed by atoms with E-state index in [-0.39, 0.29) is 11.7 Å². The Morgan fingerprint density at radius 2 is 2.00 bits per heavy atom. The Bertz CT molecular complexity index is 845. The SMILES string of the molecule is CCOC(=O)CCc1coc2c(O)c3ccccc3c(C)c12. The summed E-state index contributed by atoms with van der Waals surface area (Å²) in [4.78, 5) is 11.5. The minimum atomic E-state index is -0.223. The number of phenolic OH excluding ortho intramolecular Hbond substituents is 1. The molecule has 1 N–H and O–H groups in total. The van der Waals surface area contributed by atoms with Crippen molar-refractivity contribution in [1.29, 1.82) is 0 Å². The van der Waals surface area contributed by atoms with Crippen molar-refractivity contribution in [1.82, 2.24) is 0 Å². The Kier molecular flexibility index (Phi) is 3.75. The Morgan fingerprint density at radius 1 is 1.27 bits per heavy atom. The van der Waals surface area contributed by atoms with Gasteiger partial charge in [-0.05, 0) is 36.8 Å². The average molecular weight is 298 g/mol. The predicted octanol–water partition coefficient (Wildman–Crippen LogP) is 4.10. The Balaban J connectivity index is 2.08. The Morgan fingerprint density at radius 3 is 2.73 bits per heavy atom. The molecule has 0 fully saturated rings. The van der Waals surface area contributed by atoms with Crippen LogP contribution in [0.25, 0.3) is 21.7 Å². The number of fused-ring (bicyclic) bond motifs is 2. The summed E-state index contributed by atoms with van der Waals surface area (Å²) in [6, 6.07) is 7.68. The van der Waals surface area contributed by atoms with Crippen LogP contribution in [0.15, 0.2) is 34.9 Å². The zero-order valence-electron chi connectivity index (χ0n) is 12.7. The first-order valence-electron chi connectivity index (χ1n) is 7.39. The summed E-state index contributed by atoms with van der Waals surface area (Å²) in [7, 11) is 0. The van der Waals surface area contributed by atoms with E-state index in [1.165, 1.54) is 0 Å². The molecule has 0 spiro atoms. The summed E-state index contributed by atoms with van der Waals surface area (Å²) >= 11 is 0. The number of rotatable bonds is 4. The van der Waals surface area contributed by atoms with Crippen LogP contribution < -0.4 is 0 Å². The molecule has 114 valence electrons. The lowest BCUT2D eigenvalue weighted by Gasteiger charge is -2.08. The smallest absolute Gasteiger partial charge is 0.306 e. The molecule has 0 bridgehead atoms. The molecule has 4 nitrogen and oxygen atoms in total. The molecular formula is C18H18O4. The fraction of sp³-hybridized carbons (Fsp3) is 0.278. The molecule has 3 rings (SSSR count). The molecule has 0 radical (unpaired) electrons. The molecular weight excluding hydrogens is 280 g/mol. The third kappa shape index (κ3) is 2.30. The maximum absolute atomic E-state index is 11.5. The van der Waals surface area contributed by atoms with Gasteiger partial charge in [-0.25, -0.2) is 0 Å². The molecule has 0 unspecified atom stereocenters. The largest absolute Gasteiger partial charge is 0.504 e. The van der Waals surface area contributed by atoms with E-state index in [1.807, 2.05) is 31.2 Å². The number of ether oxygens (including phenoxy) is 1. The van der Waals surface area contributed by atoms with Crippen molar-refractivity contribution in [3.05, 3.63) is 41.7 Å². The lowest BCUT2D eigenvalue weighted by Crippen LogP contribution is -2.05. The van der Waals surface area contributed by atoms with Gasteiger partial charge in [-0.3, -0.25) is 4.79 Å². The van der Waals surface area contributed by atoms with Crippen molar-refractivity contribution in [3.8, 4) is 5.75 Å². The summed E-state index contributed by atoms with van der Waals surface area (Å²) < 4.78 is 10.5. The minimum Gasteiger partial charge on any atom is -0.504 e. The number of hydrogen-bond acceptors (Lipinski definition) is 4. The monoisotopic (exact) mass is 298 g/mol. The molecule has 0 saturated carbocycles. The molecule has 0 atom stereocenters. The highest BCUT2D eigenvalue weighted by molar-refractivity contribution is 6.07. The number of phenols is 1. The van der Waals surface area contributed by atoms with Crippen molar-refractivity contribution in [2.24, 2.45) is 0 Å². The second kappa shape index (κ2) is 5.72. The number of furan rings is 1. The standard InChI is InChI=1S/C18H18O4/c1-3-21-15(19)9-8-12-10-22-18-16(12)11(2)13-6-4-5-7-14(13)17(18)20/h4-7,10,20H,3,8-9H2,1-2H3. The number of esters is 1. The fourth-order valence-electron chi connectivity index (χ4n) is 2.91. The van der Waals surface area contributed by atoms with Crippen LogP contribution in [0.5, 0.6) is 5.75 Å². The molecule has 1 aromatic heterocycles. The summed E-state index contributed by atoms with van der Waals surface area (Å²) in [5, 5.41) is 13.1. The van der Waals surface area contributed by atoms with Crippen molar-refractivity contribution < 1.29 is 19.1 Å². The molecule has 22 heavy (non-hydrogen) atoms. The number of aromatic hydroxyl groups is 1. The zero-order valence-corrected chi connectivity index (χ0v) is 12.7. The van der Waals surface area contributed by atoms with E-state index in [1.54, 1.807) is 13.2 Å². The average Bonchev–Trinajstić information content (AvgIpc) is 2.95. The van der Waals surface area contributed by atoms with Crippen LogP contribution in [0.1, 0.15) is 24.5 Å². The van der Waals surface area contributed by atoms with Crippen LogP contribution in [0.3, 0.4) is 0 Å². The van der Waals surface area contributed by atoms with Gasteiger partial charge < -0.3 is 14.3 Å². The number of carbonyl (C=O) groups is 1. The van der Waals surface area contributed by atoms with Crippen LogP contribution in [0, 0.1) is 6.92 Å². The van der Waals surface area contributed by atoms with Gasteiger partial charge in [0, 0.05) is 17.2 Å². The van der Waals surface area contributed by atoms with Crippen LogP contribution in [-0.4, -0.2) is 17.7 Å². The first-order valence-corrected chi connectivity index (χ1v) is 7.39. The minimum absolute atomic E-state index is 0.151. The van der Waals surface area contributed by atoms with Crippen molar-refractivity contribution >= 4 is 27.7 Å². The highest BCUT2D eigenvalue weighted by atomic mass is 16.5.